The standard InChI is InChI=1S/C13H19F2NO/c1-13(2,17)12-4-3-11(16-12)8-5-9(14)7-10(15)6-8/h5,7-8,11-12,16-17H,3-4,6H2,1-2H3/t8?,11-,12+/m0/s1. The molecule has 2 nitrogen and oxygen atoms in total. The van der Waals surface area contributed by atoms with E-state index in [-0.39, 0.29) is 24.4 Å². The third-order valence-corrected chi connectivity index (χ3v) is 3.65. The second-order valence-electron chi connectivity index (χ2n) is 5.57. The molecule has 1 unspecified atom stereocenters. The molecule has 96 valence electrons. The molecule has 0 saturated carbocycles. The van der Waals surface area contributed by atoms with Crippen molar-refractivity contribution < 1.29 is 13.9 Å². The molecule has 0 radical (unpaired) electrons. The Labute approximate surface area is 100 Å². The smallest absolute Gasteiger partial charge is 0.122 e. The fourth-order valence-corrected chi connectivity index (χ4v) is 2.67. The Kier molecular flexibility index (Phi) is 3.36. The summed E-state index contributed by atoms with van der Waals surface area (Å²) in [6.07, 6.45) is 4.36. The summed E-state index contributed by atoms with van der Waals surface area (Å²) in [4.78, 5) is 0. The lowest BCUT2D eigenvalue weighted by molar-refractivity contribution is 0.0424. The van der Waals surface area contributed by atoms with Crippen LogP contribution in [0.5, 0.6) is 0 Å². The lowest BCUT2D eigenvalue weighted by Gasteiger charge is -2.28. The molecule has 1 aliphatic heterocycles. The van der Waals surface area contributed by atoms with Gasteiger partial charge in [-0.25, -0.2) is 8.78 Å². The van der Waals surface area contributed by atoms with Gasteiger partial charge >= 0.3 is 0 Å². The first-order chi connectivity index (χ1) is 7.86. The van der Waals surface area contributed by atoms with E-state index in [4.69, 9.17) is 0 Å². The normalized spacial score (nSPS) is 34.5. The van der Waals surface area contributed by atoms with E-state index in [1.54, 1.807) is 13.8 Å². The molecule has 17 heavy (non-hydrogen) atoms. The van der Waals surface area contributed by atoms with Gasteiger partial charge in [0.15, 0.2) is 0 Å². The van der Waals surface area contributed by atoms with Crippen molar-refractivity contribution in [1.29, 1.82) is 0 Å². The quantitative estimate of drug-likeness (QED) is 0.781. The van der Waals surface area contributed by atoms with E-state index in [1.807, 2.05) is 0 Å². The summed E-state index contributed by atoms with van der Waals surface area (Å²) in [5, 5.41) is 13.2. The molecule has 1 saturated heterocycles. The molecule has 2 rings (SSSR count). The van der Waals surface area contributed by atoms with Crippen LogP contribution in [0.25, 0.3) is 0 Å². The Bertz CT molecular complexity index is 357. The molecule has 0 amide bonds. The van der Waals surface area contributed by atoms with Gasteiger partial charge in [0, 0.05) is 30.5 Å². The summed E-state index contributed by atoms with van der Waals surface area (Å²) in [6.45, 7) is 3.51. The Morgan fingerprint density at radius 2 is 2.06 bits per heavy atom. The van der Waals surface area contributed by atoms with Gasteiger partial charge in [0.2, 0.25) is 0 Å². The lowest BCUT2D eigenvalue weighted by atomic mass is 9.91. The molecule has 3 atom stereocenters. The highest BCUT2D eigenvalue weighted by molar-refractivity contribution is 5.22. The first-order valence-electron chi connectivity index (χ1n) is 6.08. The predicted octanol–water partition coefficient (Wildman–Crippen LogP) is 2.60. The first-order valence-corrected chi connectivity index (χ1v) is 6.08. The fourth-order valence-electron chi connectivity index (χ4n) is 2.67. The molecule has 4 heteroatoms. The van der Waals surface area contributed by atoms with Crippen LogP contribution in [-0.2, 0) is 0 Å². The summed E-state index contributed by atoms with van der Waals surface area (Å²) >= 11 is 0. The molecule has 0 aromatic carbocycles. The summed E-state index contributed by atoms with van der Waals surface area (Å²) in [6, 6.07) is 0.0505. The Morgan fingerprint density at radius 3 is 2.59 bits per heavy atom. The van der Waals surface area contributed by atoms with Crippen molar-refractivity contribution in [3.63, 3.8) is 0 Å². The minimum absolute atomic E-state index is 0.00192. The van der Waals surface area contributed by atoms with Gasteiger partial charge in [0.1, 0.15) is 11.7 Å². The molecular formula is C13H19F2NO. The van der Waals surface area contributed by atoms with Gasteiger partial charge in [-0.1, -0.05) is 0 Å². The van der Waals surface area contributed by atoms with Crippen LogP contribution in [0, 0.1) is 5.92 Å². The number of allylic oxidation sites excluding steroid dienone is 3. The lowest BCUT2D eigenvalue weighted by Crippen LogP contribution is -2.46. The van der Waals surface area contributed by atoms with E-state index in [1.165, 1.54) is 6.08 Å². The average Bonchev–Trinajstić information content (AvgIpc) is 2.63. The van der Waals surface area contributed by atoms with E-state index < -0.39 is 17.3 Å². The highest BCUT2D eigenvalue weighted by atomic mass is 19.1. The van der Waals surface area contributed by atoms with Crippen LogP contribution in [0.15, 0.2) is 23.8 Å². The third-order valence-electron chi connectivity index (χ3n) is 3.65. The molecule has 0 bridgehead atoms. The maximum atomic E-state index is 13.2. The minimum atomic E-state index is -0.792. The van der Waals surface area contributed by atoms with Crippen molar-refractivity contribution in [2.24, 2.45) is 5.92 Å². The molecule has 0 aromatic rings. The average molecular weight is 243 g/mol. The fraction of sp³-hybridized carbons (Fsp3) is 0.692. The molecule has 1 fully saturated rings. The maximum absolute atomic E-state index is 13.2. The maximum Gasteiger partial charge on any atom is 0.122 e. The molecule has 1 aliphatic carbocycles. The second-order valence-corrected chi connectivity index (χ2v) is 5.57. The van der Waals surface area contributed by atoms with E-state index in [0.29, 0.717) is 0 Å². The minimum Gasteiger partial charge on any atom is -0.389 e. The van der Waals surface area contributed by atoms with Crippen LogP contribution in [0.4, 0.5) is 8.78 Å². The zero-order chi connectivity index (χ0) is 12.6. The Morgan fingerprint density at radius 1 is 1.35 bits per heavy atom. The van der Waals surface area contributed by atoms with Crippen LogP contribution in [0.2, 0.25) is 0 Å². The van der Waals surface area contributed by atoms with Gasteiger partial charge in [0.05, 0.1) is 5.60 Å². The molecule has 1 heterocycles. The number of hydrogen-bond donors (Lipinski definition) is 2. The van der Waals surface area contributed by atoms with Gasteiger partial charge in [-0.15, -0.1) is 0 Å². The molecule has 2 aliphatic rings. The monoisotopic (exact) mass is 243 g/mol. The van der Waals surface area contributed by atoms with Crippen molar-refractivity contribution in [2.75, 3.05) is 0 Å². The van der Waals surface area contributed by atoms with E-state index >= 15 is 0 Å². The van der Waals surface area contributed by atoms with Crippen LogP contribution in [0.3, 0.4) is 0 Å². The molecule has 2 N–H and O–H groups in total. The van der Waals surface area contributed by atoms with E-state index in [2.05, 4.69) is 5.32 Å². The number of hydrogen-bond acceptors (Lipinski definition) is 2. The molecule has 0 spiro atoms. The third kappa shape index (κ3) is 2.93. The van der Waals surface area contributed by atoms with Gasteiger partial charge < -0.3 is 10.4 Å². The van der Waals surface area contributed by atoms with Crippen molar-refractivity contribution in [1.82, 2.24) is 5.32 Å². The highest BCUT2D eigenvalue weighted by Crippen LogP contribution is 2.33. The summed E-state index contributed by atoms with van der Waals surface area (Å²) < 4.78 is 26.3. The largest absolute Gasteiger partial charge is 0.389 e. The second kappa shape index (κ2) is 4.50. The first kappa shape index (κ1) is 12.7. The summed E-state index contributed by atoms with van der Waals surface area (Å²) in [5.74, 6) is -1.04. The number of aliphatic hydroxyl groups is 1. The predicted molar refractivity (Wildman–Crippen MR) is 62.7 cm³/mol. The number of nitrogens with one attached hydrogen (secondary N) is 1. The van der Waals surface area contributed by atoms with Crippen LogP contribution < -0.4 is 5.32 Å². The van der Waals surface area contributed by atoms with E-state index in [0.717, 1.165) is 18.9 Å². The molecule has 0 aromatic heterocycles. The van der Waals surface area contributed by atoms with Crippen LogP contribution in [-0.4, -0.2) is 22.8 Å². The SMILES string of the molecule is CC(C)(O)[C@H]1CC[C@@H](C2C=C(F)C=C(F)C2)N1. The van der Waals surface area contributed by atoms with Crippen LogP contribution >= 0.6 is 0 Å². The van der Waals surface area contributed by atoms with Crippen LogP contribution in [0.1, 0.15) is 33.1 Å². The van der Waals surface area contributed by atoms with Gasteiger partial charge in [-0.2, -0.15) is 0 Å². The number of rotatable bonds is 2. The van der Waals surface area contributed by atoms with Gasteiger partial charge in [-0.3, -0.25) is 0 Å². The van der Waals surface area contributed by atoms with Crippen molar-refractivity contribution in [3.05, 3.63) is 23.8 Å². The highest BCUT2D eigenvalue weighted by Gasteiger charge is 2.37. The zero-order valence-corrected chi connectivity index (χ0v) is 10.2. The summed E-state index contributed by atoms with van der Waals surface area (Å²) in [5.41, 5.74) is -0.792. The summed E-state index contributed by atoms with van der Waals surface area (Å²) in [7, 11) is 0. The van der Waals surface area contributed by atoms with Gasteiger partial charge in [-0.05, 0) is 32.8 Å². The Balaban J connectivity index is 2.00. The molecular weight excluding hydrogens is 224 g/mol. The van der Waals surface area contributed by atoms with Crippen molar-refractivity contribution in [2.45, 2.75) is 50.8 Å². The zero-order valence-electron chi connectivity index (χ0n) is 10.2. The van der Waals surface area contributed by atoms with Gasteiger partial charge in [0.25, 0.3) is 0 Å². The van der Waals surface area contributed by atoms with Crippen molar-refractivity contribution >= 4 is 0 Å². The topological polar surface area (TPSA) is 32.3 Å². The Hall–Kier alpha value is -0.740. The van der Waals surface area contributed by atoms with E-state index in [9.17, 15) is 13.9 Å². The number of halogens is 2. The van der Waals surface area contributed by atoms with Crippen molar-refractivity contribution in [3.8, 4) is 0 Å².